The van der Waals surface area contributed by atoms with E-state index in [0.717, 1.165) is 11.0 Å². The highest BCUT2D eigenvalue weighted by Crippen LogP contribution is 2.19. The molecule has 0 aliphatic carbocycles. The van der Waals surface area contributed by atoms with Crippen molar-refractivity contribution in [2.45, 2.75) is 46.3 Å². The highest BCUT2D eigenvalue weighted by atomic mass is 16.6. The van der Waals surface area contributed by atoms with Crippen LogP contribution in [-0.4, -0.2) is 68.5 Å². The Morgan fingerprint density at radius 1 is 1.11 bits per heavy atom. The van der Waals surface area contributed by atoms with Gasteiger partial charge in [0.05, 0.1) is 18.1 Å². The Hall–Kier alpha value is -2.84. The summed E-state index contributed by atoms with van der Waals surface area (Å²) in [4.78, 5) is 32.4. The van der Waals surface area contributed by atoms with Crippen molar-refractivity contribution >= 4 is 28.8 Å². The van der Waals surface area contributed by atoms with Gasteiger partial charge in [0.25, 0.3) is 0 Å². The number of anilines is 1. The monoisotopic (exact) mass is 388 g/mol. The standard InChI is InChI=1S/C19H28N6O3/c1-13(2)25-16-14(11-21-25)10-15(12-20-16)22-17(26)23-6-8-24(9-7-23)18(27)28-19(3,4)5/h10-13H,6-9H2,1-5H3,(H,22,26). The van der Waals surface area contributed by atoms with Gasteiger partial charge >= 0.3 is 12.1 Å². The summed E-state index contributed by atoms with van der Waals surface area (Å²) >= 11 is 0. The summed E-state index contributed by atoms with van der Waals surface area (Å²) in [6.07, 6.45) is 3.04. The average molecular weight is 388 g/mol. The number of carbonyl (C=O) groups is 2. The zero-order chi connectivity index (χ0) is 20.5. The van der Waals surface area contributed by atoms with Gasteiger partial charge in [-0.15, -0.1) is 0 Å². The number of urea groups is 1. The molecule has 9 heteroatoms. The maximum absolute atomic E-state index is 12.6. The number of fused-ring (bicyclic) bond motifs is 1. The molecule has 3 rings (SSSR count). The molecule has 0 bridgehead atoms. The van der Waals surface area contributed by atoms with E-state index < -0.39 is 5.60 Å². The first-order chi connectivity index (χ1) is 13.1. The largest absolute Gasteiger partial charge is 0.444 e. The van der Waals surface area contributed by atoms with Gasteiger partial charge in [-0.1, -0.05) is 0 Å². The van der Waals surface area contributed by atoms with Crippen LogP contribution >= 0.6 is 0 Å². The fourth-order valence-corrected chi connectivity index (χ4v) is 3.01. The summed E-state index contributed by atoms with van der Waals surface area (Å²) in [6, 6.07) is 1.87. The molecule has 0 spiro atoms. The topological polar surface area (TPSA) is 92.6 Å². The predicted molar refractivity (Wildman–Crippen MR) is 106 cm³/mol. The number of rotatable bonds is 2. The number of aromatic nitrogens is 3. The molecule has 0 unspecified atom stereocenters. The molecule has 152 valence electrons. The van der Waals surface area contributed by atoms with E-state index in [1.807, 2.05) is 45.4 Å². The van der Waals surface area contributed by atoms with Gasteiger partial charge in [-0.25, -0.2) is 19.3 Å². The van der Waals surface area contributed by atoms with E-state index in [0.29, 0.717) is 31.9 Å². The van der Waals surface area contributed by atoms with E-state index >= 15 is 0 Å². The molecule has 0 saturated carbocycles. The molecule has 2 aromatic rings. The fourth-order valence-electron chi connectivity index (χ4n) is 3.01. The first kappa shape index (κ1) is 19.9. The van der Waals surface area contributed by atoms with E-state index in [9.17, 15) is 9.59 Å². The Labute approximate surface area is 164 Å². The van der Waals surface area contributed by atoms with Crippen molar-refractivity contribution in [2.24, 2.45) is 0 Å². The van der Waals surface area contributed by atoms with E-state index in [-0.39, 0.29) is 18.2 Å². The summed E-state index contributed by atoms with van der Waals surface area (Å²) in [5, 5.41) is 8.09. The van der Waals surface area contributed by atoms with Crippen molar-refractivity contribution in [3.05, 3.63) is 18.5 Å². The third-order valence-electron chi connectivity index (χ3n) is 4.39. The lowest BCUT2D eigenvalue weighted by atomic mass is 10.2. The van der Waals surface area contributed by atoms with Gasteiger partial charge in [0.15, 0.2) is 5.65 Å². The minimum Gasteiger partial charge on any atom is -0.444 e. The molecule has 1 fully saturated rings. The minimum atomic E-state index is -0.527. The van der Waals surface area contributed by atoms with E-state index in [2.05, 4.69) is 15.4 Å². The summed E-state index contributed by atoms with van der Waals surface area (Å²) in [6.45, 7) is 11.4. The lowest BCUT2D eigenvalue weighted by molar-refractivity contribution is 0.0174. The van der Waals surface area contributed by atoms with Gasteiger partial charge in [-0.3, -0.25) is 0 Å². The molecule has 0 radical (unpaired) electrons. The van der Waals surface area contributed by atoms with Crippen LogP contribution in [0, 0.1) is 0 Å². The highest BCUT2D eigenvalue weighted by molar-refractivity contribution is 5.91. The van der Waals surface area contributed by atoms with Crippen LogP contribution in [0.4, 0.5) is 15.3 Å². The molecule has 3 amide bonds. The summed E-state index contributed by atoms with van der Waals surface area (Å²) in [5.41, 5.74) is 0.884. The number of hydrogen-bond donors (Lipinski definition) is 1. The molecule has 9 nitrogen and oxygen atoms in total. The molecule has 0 atom stereocenters. The average Bonchev–Trinajstić information content (AvgIpc) is 3.04. The van der Waals surface area contributed by atoms with Crippen LogP contribution < -0.4 is 5.32 Å². The predicted octanol–water partition coefficient (Wildman–Crippen LogP) is 3.10. The lowest BCUT2D eigenvalue weighted by Gasteiger charge is -2.35. The molecule has 1 saturated heterocycles. The Morgan fingerprint density at radius 3 is 2.36 bits per heavy atom. The van der Waals surface area contributed by atoms with E-state index in [4.69, 9.17) is 4.74 Å². The van der Waals surface area contributed by atoms with Gasteiger partial charge in [0, 0.05) is 37.6 Å². The van der Waals surface area contributed by atoms with E-state index in [1.54, 1.807) is 22.2 Å². The van der Waals surface area contributed by atoms with Crippen LogP contribution in [0.25, 0.3) is 11.0 Å². The number of ether oxygens (including phenoxy) is 1. The van der Waals surface area contributed by atoms with Crippen LogP contribution in [0.5, 0.6) is 0 Å². The summed E-state index contributed by atoms with van der Waals surface area (Å²) < 4.78 is 7.22. The van der Waals surface area contributed by atoms with Crippen LogP contribution in [-0.2, 0) is 4.74 Å². The smallest absolute Gasteiger partial charge is 0.410 e. The molecule has 1 N–H and O–H groups in total. The molecule has 0 aromatic carbocycles. The van der Waals surface area contributed by atoms with Crippen molar-refractivity contribution in [1.29, 1.82) is 0 Å². The minimum absolute atomic E-state index is 0.207. The third kappa shape index (κ3) is 4.52. The maximum Gasteiger partial charge on any atom is 0.410 e. The van der Waals surface area contributed by atoms with Crippen molar-refractivity contribution in [3.63, 3.8) is 0 Å². The van der Waals surface area contributed by atoms with Gasteiger partial charge in [0.1, 0.15) is 5.60 Å². The molecule has 1 aliphatic heterocycles. The Balaban J connectivity index is 1.57. The Kier molecular flexibility index (Phi) is 5.44. The fraction of sp³-hybridized carbons (Fsp3) is 0.579. The van der Waals surface area contributed by atoms with Crippen molar-refractivity contribution in [1.82, 2.24) is 24.6 Å². The quantitative estimate of drug-likeness (QED) is 0.853. The van der Waals surface area contributed by atoms with E-state index in [1.165, 1.54) is 0 Å². The second-order valence-corrected chi connectivity index (χ2v) is 8.20. The zero-order valence-corrected chi connectivity index (χ0v) is 17.1. The molecular weight excluding hydrogens is 360 g/mol. The lowest BCUT2D eigenvalue weighted by Crippen LogP contribution is -2.52. The number of pyridine rings is 1. The van der Waals surface area contributed by atoms with Gasteiger partial charge in [-0.05, 0) is 40.7 Å². The first-order valence-corrected chi connectivity index (χ1v) is 9.51. The number of amides is 3. The number of piperazine rings is 1. The first-order valence-electron chi connectivity index (χ1n) is 9.51. The Morgan fingerprint density at radius 2 is 1.75 bits per heavy atom. The number of hydrogen-bond acceptors (Lipinski definition) is 5. The third-order valence-corrected chi connectivity index (χ3v) is 4.39. The highest BCUT2D eigenvalue weighted by Gasteiger charge is 2.27. The number of nitrogens with one attached hydrogen (secondary N) is 1. The van der Waals surface area contributed by atoms with Crippen LogP contribution in [0.1, 0.15) is 40.7 Å². The normalized spacial score (nSPS) is 15.2. The van der Waals surface area contributed by atoms with Gasteiger partial charge < -0.3 is 19.9 Å². The molecule has 28 heavy (non-hydrogen) atoms. The summed E-state index contributed by atoms with van der Waals surface area (Å²) in [5.74, 6) is 0. The Bertz CT molecular complexity index is 862. The number of nitrogens with zero attached hydrogens (tertiary/aromatic N) is 5. The van der Waals surface area contributed by atoms with Crippen LogP contribution in [0.2, 0.25) is 0 Å². The van der Waals surface area contributed by atoms with Gasteiger partial charge in [-0.2, -0.15) is 5.10 Å². The van der Waals surface area contributed by atoms with Crippen LogP contribution in [0.3, 0.4) is 0 Å². The summed E-state index contributed by atoms with van der Waals surface area (Å²) in [7, 11) is 0. The van der Waals surface area contributed by atoms with Crippen molar-refractivity contribution in [3.8, 4) is 0 Å². The zero-order valence-electron chi connectivity index (χ0n) is 17.1. The second-order valence-electron chi connectivity index (χ2n) is 8.20. The second kappa shape index (κ2) is 7.65. The van der Waals surface area contributed by atoms with Gasteiger partial charge in [0.2, 0.25) is 0 Å². The molecule has 3 heterocycles. The number of carbonyl (C=O) groups excluding carboxylic acids is 2. The molecule has 1 aliphatic rings. The van der Waals surface area contributed by atoms with Crippen LogP contribution in [0.15, 0.2) is 18.5 Å². The molecular formula is C19H28N6O3. The SMILES string of the molecule is CC(C)n1ncc2cc(NC(=O)N3CCN(C(=O)OC(C)(C)C)CC3)cnc21. The van der Waals surface area contributed by atoms with Crippen molar-refractivity contribution < 1.29 is 14.3 Å². The van der Waals surface area contributed by atoms with Crippen molar-refractivity contribution in [2.75, 3.05) is 31.5 Å². The molecule has 2 aromatic heterocycles. The maximum atomic E-state index is 12.6.